The summed E-state index contributed by atoms with van der Waals surface area (Å²) in [5.74, 6) is 0. The van der Waals surface area contributed by atoms with Crippen molar-refractivity contribution in [3.8, 4) is 0 Å². The van der Waals surface area contributed by atoms with Crippen LogP contribution in [0.4, 0.5) is 0 Å². The monoisotopic (exact) mass is 153 g/mol. The van der Waals surface area contributed by atoms with Gasteiger partial charge < -0.3 is 5.32 Å². The molecule has 0 aliphatic rings. The van der Waals surface area contributed by atoms with Gasteiger partial charge in [0.2, 0.25) is 0 Å². The van der Waals surface area contributed by atoms with Crippen molar-refractivity contribution in [2.24, 2.45) is 0 Å². The highest BCUT2D eigenvalue weighted by Gasteiger charge is 2.07. The molecule has 1 atom stereocenters. The Labute approximate surface area is 70.2 Å². The first-order chi connectivity index (χ1) is 5.07. The Kier molecular flexibility index (Phi) is 4.88. The Bertz CT molecular complexity index is 136. The molecule has 1 unspecified atom stereocenters. The second kappa shape index (κ2) is 5.14. The van der Waals surface area contributed by atoms with Gasteiger partial charge in [-0.2, -0.15) is 0 Å². The van der Waals surface area contributed by atoms with Gasteiger partial charge >= 0.3 is 0 Å². The third-order valence-electron chi connectivity index (χ3n) is 1.53. The van der Waals surface area contributed by atoms with Crippen LogP contribution < -0.4 is 5.32 Å². The summed E-state index contributed by atoms with van der Waals surface area (Å²) in [7, 11) is 0. The van der Waals surface area contributed by atoms with Crippen molar-refractivity contribution in [3.63, 3.8) is 0 Å². The SMILES string of the molecule is C=CCC(NC(C)C)C(=C)C. The predicted octanol–water partition coefficient (Wildman–Crippen LogP) is 2.51. The molecule has 0 spiro atoms. The zero-order chi connectivity index (χ0) is 8.85. The van der Waals surface area contributed by atoms with Gasteiger partial charge in [0.25, 0.3) is 0 Å². The third kappa shape index (κ3) is 4.79. The lowest BCUT2D eigenvalue weighted by Crippen LogP contribution is -2.34. The zero-order valence-corrected chi connectivity index (χ0v) is 7.85. The van der Waals surface area contributed by atoms with Crippen molar-refractivity contribution in [1.82, 2.24) is 5.32 Å². The Balaban J connectivity index is 3.88. The van der Waals surface area contributed by atoms with E-state index < -0.39 is 0 Å². The fourth-order valence-corrected chi connectivity index (χ4v) is 0.981. The summed E-state index contributed by atoms with van der Waals surface area (Å²) in [5.41, 5.74) is 1.18. The maximum atomic E-state index is 3.92. The van der Waals surface area contributed by atoms with Crippen LogP contribution in [0.5, 0.6) is 0 Å². The van der Waals surface area contributed by atoms with Crippen LogP contribution in [0, 0.1) is 0 Å². The molecule has 0 aliphatic carbocycles. The number of rotatable bonds is 5. The van der Waals surface area contributed by atoms with Gasteiger partial charge in [0.05, 0.1) is 0 Å². The Morgan fingerprint density at radius 2 is 2.09 bits per heavy atom. The molecule has 0 heterocycles. The summed E-state index contributed by atoms with van der Waals surface area (Å²) in [6, 6.07) is 0.907. The van der Waals surface area contributed by atoms with E-state index in [2.05, 4.69) is 32.3 Å². The topological polar surface area (TPSA) is 12.0 Å². The van der Waals surface area contributed by atoms with Crippen molar-refractivity contribution in [1.29, 1.82) is 0 Å². The molecular formula is C10H19N. The minimum Gasteiger partial charge on any atom is -0.308 e. The molecular weight excluding hydrogens is 134 g/mol. The molecule has 1 N–H and O–H groups in total. The first-order valence-corrected chi connectivity index (χ1v) is 4.10. The van der Waals surface area contributed by atoms with E-state index in [9.17, 15) is 0 Å². The fourth-order valence-electron chi connectivity index (χ4n) is 0.981. The number of hydrogen-bond donors (Lipinski definition) is 1. The van der Waals surface area contributed by atoms with Crippen LogP contribution >= 0.6 is 0 Å². The smallest absolute Gasteiger partial charge is 0.0310 e. The summed E-state index contributed by atoms with van der Waals surface area (Å²) >= 11 is 0. The van der Waals surface area contributed by atoms with Crippen molar-refractivity contribution in [2.75, 3.05) is 0 Å². The van der Waals surface area contributed by atoms with Crippen LogP contribution in [0.15, 0.2) is 24.8 Å². The average Bonchev–Trinajstić information content (AvgIpc) is 1.86. The van der Waals surface area contributed by atoms with Crippen LogP contribution in [0.2, 0.25) is 0 Å². The normalized spacial score (nSPS) is 13.1. The third-order valence-corrected chi connectivity index (χ3v) is 1.53. The molecule has 0 rings (SSSR count). The Morgan fingerprint density at radius 3 is 2.36 bits per heavy atom. The van der Waals surface area contributed by atoms with Crippen LogP contribution in [-0.2, 0) is 0 Å². The first-order valence-electron chi connectivity index (χ1n) is 4.10. The first kappa shape index (κ1) is 10.4. The highest BCUT2D eigenvalue weighted by Crippen LogP contribution is 2.04. The van der Waals surface area contributed by atoms with Crippen molar-refractivity contribution in [3.05, 3.63) is 24.8 Å². The van der Waals surface area contributed by atoms with Crippen molar-refractivity contribution >= 4 is 0 Å². The minimum absolute atomic E-state index is 0.396. The lowest BCUT2D eigenvalue weighted by Gasteiger charge is -2.19. The van der Waals surface area contributed by atoms with Gasteiger partial charge in [0.1, 0.15) is 0 Å². The molecule has 0 saturated heterocycles. The van der Waals surface area contributed by atoms with E-state index in [4.69, 9.17) is 0 Å². The van der Waals surface area contributed by atoms with Gasteiger partial charge in [-0.1, -0.05) is 32.1 Å². The lowest BCUT2D eigenvalue weighted by atomic mass is 10.1. The molecule has 0 fully saturated rings. The maximum Gasteiger partial charge on any atom is 0.0310 e. The highest BCUT2D eigenvalue weighted by atomic mass is 14.9. The molecule has 0 aromatic heterocycles. The van der Waals surface area contributed by atoms with Gasteiger partial charge in [-0.25, -0.2) is 0 Å². The molecule has 0 amide bonds. The standard InChI is InChI=1S/C10H19N/c1-6-7-10(8(2)3)11-9(4)5/h6,9-11H,1-2,7H2,3-5H3. The Hall–Kier alpha value is -0.560. The molecule has 11 heavy (non-hydrogen) atoms. The average molecular weight is 153 g/mol. The Morgan fingerprint density at radius 1 is 1.55 bits per heavy atom. The molecule has 0 radical (unpaired) electrons. The number of hydrogen-bond acceptors (Lipinski definition) is 1. The van der Waals surface area contributed by atoms with Gasteiger partial charge in [-0.05, 0) is 13.3 Å². The van der Waals surface area contributed by atoms with E-state index in [-0.39, 0.29) is 0 Å². The second-order valence-corrected chi connectivity index (χ2v) is 3.24. The molecule has 64 valence electrons. The quantitative estimate of drug-likeness (QED) is 0.598. The van der Waals surface area contributed by atoms with Gasteiger partial charge in [-0.3, -0.25) is 0 Å². The van der Waals surface area contributed by atoms with E-state index in [1.54, 1.807) is 0 Å². The van der Waals surface area contributed by atoms with E-state index in [0.29, 0.717) is 12.1 Å². The molecule has 0 saturated carbocycles. The van der Waals surface area contributed by atoms with E-state index in [0.717, 1.165) is 6.42 Å². The van der Waals surface area contributed by atoms with Crippen LogP contribution in [0.25, 0.3) is 0 Å². The summed E-state index contributed by atoms with van der Waals surface area (Å²) in [4.78, 5) is 0. The summed E-state index contributed by atoms with van der Waals surface area (Å²) in [6.07, 6.45) is 2.89. The maximum absolute atomic E-state index is 3.92. The van der Waals surface area contributed by atoms with Crippen molar-refractivity contribution in [2.45, 2.75) is 39.3 Å². The van der Waals surface area contributed by atoms with Gasteiger partial charge in [0.15, 0.2) is 0 Å². The summed E-state index contributed by atoms with van der Waals surface area (Å²) in [5, 5.41) is 3.41. The van der Waals surface area contributed by atoms with E-state index in [1.807, 2.05) is 13.0 Å². The lowest BCUT2D eigenvalue weighted by molar-refractivity contribution is 0.510. The molecule has 0 aromatic carbocycles. The molecule has 0 bridgehead atoms. The molecule has 1 heteroatoms. The highest BCUT2D eigenvalue weighted by molar-refractivity contribution is 5.04. The van der Waals surface area contributed by atoms with Gasteiger partial charge in [-0.15, -0.1) is 6.58 Å². The van der Waals surface area contributed by atoms with Gasteiger partial charge in [0, 0.05) is 12.1 Å². The summed E-state index contributed by atoms with van der Waals surface area (Å²) < 4.78 is 0. The van der Waals surface area contributed by atoms with Crippen LogP contribution in [0.1, 0.15) is 27.2 Å². The minimum atomic E-state index is 0.396. The second-order valence-electron chi connectivity index (χ2n) is 3.24. The largest absolute Gasteiger partial charge is 0.308 e. The molecule has 0 aromatic rings. The molecule has 0 aliphatic heterocycles. The molecule has 1 nitrogen and oxygen atoms in total. The van der Waals surface area contributed by atoms with E-state index >= 15 is 0 Å². The summed E-state index contributed by atoms with van der Waals surface area (Å²) in [6.45, 7) is 13.9. The fraction of sp³-hybridized carbons (Fsp3) is 0.600. The number of nitrogens with one attached hydrogen (secondary N) is 1. The zero-order valence-electron chi connectivity index (χ0n) is 7.85. The van der Waals surface area contributed by atoms with E-state index in [1.165, 1.54) is 5.57 Å². The van der Waals surface area contributed by atoms with Crippen LogP contribution in [-0.4, -0.2) is 12.1 Å². The van der Waals surface area contributed by atoms with Crippen molar-refractivity contribution < 1.29 is 0 Å². The van der Waals surface area contributed by atoms with Crippen LogP contribution in [0.3, 0.4) is 0 Å². The predicted molar refractivity (Wildman–Crippen MR) is 51.7 cm³/mol.